The third kappa shape index (κ3) is 10.8. The SMILES string of the molecule is Cc1c2ccccc2c(-c2c3ccccc3c(C)c3ccccc23)c2ccccc12.Cc1ccc(-c2ccc(C)c3ccccc23)c2ccccc12.Cc1ccc(-c2ccc(C)cc2)cc1.Cc1cccc(-c2cccc(C)c2)c1. The van der Waals surface area contributed by atoms with Crippen LogP contribution in [-0.4, -0.2) is 0 Å². The quantitative estimate of drug-likeness (QED) is 0.154. The van der Waals surface area contributed by atoms with Crippen LogP contribution in [0.3, 0.4) is 0 Å². The maximum absolute atomic E-state index is 2.29. The van der Waals surface area contributed by atoms with Crippen LogP contribution in [0.4, 0.5) is 0 Å². The molecule has 0 spiro atoms. The number of aryl methyl sites for hydroxylation is 8. The first-order chi connectivity index (χ1) is 39.0. The van der Waals surface area contributed by atoms with Gasteiger partial charge in [0.25, 0.3) is 0 Å². The molecule has 14 aromatic carbocycles. The maximum Gasteiger partial charge on any atom is -0.00141 e. The van der Waals surface area contributed by atoms with Gasteiger partial charge in [0.05, 0.1) is 0 Å². The molecule has 0 aromatic heterocycles. The van der Waals surface area contributed by atoms with Crippen LogP contribution in [0.5, 0.6) is 0 Å². The highest BCUT2D eigenvalue weighted by molar-refractivity contribution is 6.25. The Hall–Kier alpha value is -9.36. The third-order valence-corrected chi connectivity index (χ3v) is 16.0. The molecule has 0 fully saturated rings. The highest BCUT2D eigenvalue weighted by atomic mass is 14.2. The monoisotopic (exact) mass is 1030 g/mol. The van der Waals surface area contributed by atoms with Gasteiger partial charge in [0.1, 0.15) is 0 Å². The molecule has 0 heteroatoms. The second kappa shape index (κ2) is 23.3. The Balaban J connectivity index is 0.000000119. The van der Waals surface area contributed by atoms with Gasteiger partial charge in [-0.1, -0.05) is 289 Å². The summed E-state index contributed by atoms with van der Waals surface area (Å²) >= 11 is 0. The van der Waals surface area contributed by atoms with Crippen LogP contribution in [0.1, 0.15) is 44.5 Å². The molecule has 0 aliphatic carbocycles. The molecule has 0 amide bonds. The summed E-state index contributed by atoms with van der Waals surface area (Å²) in [5, 5.41) is 16.0. The Morgan fingerprint density at radius 3 is 0.750 bits per heavy atom. The summed E-state index contributed by atoms with van der Waals surface area (Å²) < 4.78 is 0. The molecule has 0 aliphatic rings. The lowest BCUT2D eigenvalue weighted by Crippen LogP contribution is -1.93. The van der Waals surface area contributed by atoms with E-state index >= 15 is 0 Å². The molecule has 0 saturated heterocycles. The van der Waals surface area contributed by atoms with Gasteiger partial charge in [-0.05, 0) is 187 Å². The molecule has 80 heavy (non-hydrogen) atoms. The Morgan fingerprint density at radius 2 is 0.450 bits per heavy atom. The van der Waals surface area contributed by atoms with Crippen molar-refractivity contribution in [3.8, 4) is 44.5 Å². The Bertz CT molecular complexity index is 4130. The molecule has 0 unspecified atom stereocenters. The lowest BCUT2D eigenvalue weighted by atomic mass is 9.83. The van der Waals surface area contributed by atoms with Crippen molar-refractivity contribution in [2.45, 2.75) is 55.4 Å². The summed E-state index contributed by atoms with van der Waals surface area (Å²) in [6, 6.07) is 96.3. The normalized spacial score (nSPS) is 11.0. The molecule has 14 aromatic rings. The van der Waals surface area contributed by atoms with Crippen molar-refractivity contribution >= 4 is 64.6 Å². The van der Waals surface area contributed by atoms with E-state index in [0.29, 0.717) is 0 Å². The molecule has 0 radical (unpaired) electrons. The molecular weight excluding hydrogens is 961 g/mol. The topological polar surface area (TPSA) is 0 Å². The van der Waals surface area contributed by atoms with E-state index in [1.165, 1.54) is 154 Å². The highest BCUT2D eigenvalue weighted by Crippen LogP contribution is 2.46. The van der Waals surface area contributed by atoms with Crippen LogP contribution >= 0.6 is 0 Å². The molecule has 14 rings (SSSR count). The Labute approximate surface area is 473 Å². The predicted octanol–water partition coefficient (Wildman–Crippen LogP) is 22.8. The first-order valence-electron chi connectivity index (χ1n) is 28.1. The zero-order valence-electron chi connectivity index (χ0n) is 47.4. The molecule has 0 N–H and O–H groups in total. The van der Waals surface area contributed by atoms with Gasteiger partial charge in [-0.25, -0.2) is 0 Å². The number of rotatable bonds is 4. The molecule has 0 saturated carbocycles. The minimum absolute atomic E-state index is 1.29. The van der Waals surface area contributed by atoms with Gasteiger partial charge in [0.15, 0.2) is 0 Å². The first-order valence-corrected chi connectivity index (χ1v) is 28.1. The van der Waals surface area contributed by atoms with E-state index in [9.17, 15) is 0 Å². The van der Waals surface area contributed by atoms with Gasteiger partial charge >= 0.3 is 0 Å². The van der Waals surface area contributed by atoms with Crippen molar-refractivity contribution in [2.75, 3.05) is 0 Å². The zero-order valence-corrected chi connectivity index (χ0v) is 47.4. The van der Waals surface area contributed by atoms with Crippen molar-refractivity contribution < 1.29 is 0 Å². The Morgan fingerprint density at radius 1 is 0.175 bits per heavy atom. The zero-order chi connectivity index (χ0) is 55.3. The largest absolute Gasteiger partial charge is 0.0616 e. The fourth-order valence-corrected chi connectivity index (χ4v) is 11.7. The van der Waals surface area contributed by atoms with Crippen molar-refractivity contribution in [3.05, 3.63) is 311 Å². The minimum atomic E-state index is 1.29. The van der Waals surface area contributed by atoms with E-state index in [2.05, 4.69) is 322 Å². The van der Waals surface area contributed by atoms with Gasteiger partial charge in [-0.3, -0.25) is 0 Å². The molecule has 388 valence electrons. The highest BCUT2D eigenvalue weighted by Gasteiger charge is 2.19. The summed E-state index contributed by atoms with van der Waals surface area (Å²) in [6.07, 6.45) is 0. The summed E-state index contributed by atoms with van der Waals surface area (Å²) in [5.41, 5.74) is 21.1. The number of fused-ring (bicyclic) bond motifs is 6. The van der Waals surface area contributed by atoms with E-state index in [1.54, 1.807) is 0 Å². The van der Waals surface area contributed by atoms with Crippen molar-refractivity contribution in [1.82, 2.24) is 0 Å². The Kier molecular flexibility index (Phi) is 15.4. The maximum atomic E-state index is 2.29. The third-order valence-electron chi connectivity index (χ3n) is 16.0. The standard InChI is InChI=1S/C30H22.C22H18.2C14H14/c1-19-21-11-3-7-15-25(21)29(26-16-8-4-12-22(19)26)30-27-17-9-5-13-23(27)20(2)24-14-6-10-18-28(24)30;1-15-11-13-21(19-9-5-3-7-17(15)19)22-14-12-16(2)18-8-4-6-10-20(18)22;1-11-3-7-13(8-4-11)14-9-5-12(2)6-10-14;1-11-5-3-7-13(9-11)14-8-4-6-12(2)10-14/h3-18H,1-2H3;3-14H,1-2H3;2*3-10H,1-2H3. The number of hydrogen-bond acceptors (Lipinski definition) is 0. The minimum Gasteiger partial charge on any atom is -0.0616 e. The second-order valence-corrected chi connectivity index (χ2v) is 21.6. The van der Waals surface area contributed by atoms with Crippen LogP contribution in [0.15, 0.2) is 267 Å². The van der Waals surface area contributed by atoms with Crippen LogP contribution < -0.4 is 0 Å². The average molecular weight is 1030 g/mol. The van der Waals surface area contributed by atoms with Crippen LogP contribution in [0, 0.1) is 55.4 Å². The van der Waals surface area contributed by atoms with E-state index in [4.69, 9.17) is 0 Å². The smallest absolute Gasteiger partial charge is 0.00141 e. The van der Waals surface area contributed by atoms with E-state index in [-0.39, 0.29) is 0 Å². The molecule has 0 nitrogen and oxygen atoms in total. The van der Waals surface area contributed by atoms with Crippen molar-refractivity contribution in [1.29, 1.82) is 0 Å². The first kappa shape index (κ1) is 52.7. The molecule has 0 atom stereocenters. The molecular formula is C80H68. The van der Waals surface area contributed by atoms with E-state index < -0.39 is 0 Å². The lowest BCUT2D eigenvalue weighted by molar-refractivity contribution is 1.44. The average Bonchev–Trinajstić information content (AvgIpc) is 3.54. The van der Waals surface area contributed by atoms with Crippen LogP contribution in [-0.2, 0) is 0 Å². The van der Waals surface area contributed by atoms with Crippen molar-refractivity contribution in [2.24, 2.45) is 0 Å². The van der Waals surface area contributed by atoms with Gasteiger partial charge in [0.2, 0.25) is 0 Å². The van der Waals surface area contributed by atoms with Crippen LogP contribution in [0.2, 0.25) is 0 Å². The summed E-state index contributed by atoms with van der Waals surface area (Å²) in [4.78, 5) is 0. The number of hydrogen-bond donors (Lipinski definition) is 0. The molecule has 0 bridgehead atoms. The van der Waals surface area contributed by atoms with Gasteiger partial charge in [-0.15, -0.1) is 0 Å². The van der Waals surface area contributed by atoms with Crippen molar-refractivity contribution in [3.63, 3.8) is 0 Å². The fraction of sp³-hybridized carbons (Fsp3) is 0.100. The molecule has 0 heterocycles. The summed E-state index contributed by atoms with van der Waals surface area (Å²) in [7, 11) is 0. The fourth-order valence-electron chi connectivity index (χ4n) is 11.7. The van der Waals surface area contributed by atoms with E-state index in [1.807, 2.05) is 0 Å². The van der Waals surface area contributed by atoms with E-state index in [0.717, 1.165) is 0 Å². The second-order valence-electron chi connectivity index (χ2n) is 21.6. The number of benzene rings is 14. The van der Waals surface area contributed by atoms with Gasteiger partial charge in [0, 0.05) is 0 Å². The molecule has 0 aliphatic heterocycles. The van der Waals surface area contributed by atoms with Gasteiger partial charge in [-0.2, -0.15) is 0 Å². The predicted molar refractivity (Wildman–Crippen MR) is 350 cm³/mol. The summed E-state index contributed by atoms with van der Waals surface area (Å²) in [6.45, 7) is 17.3. The lowest BCUT2D eigenvalue weighted by Gasteiger charge is -2.20. The van der Waals surface area contributed by atoms with Crippen LogP contribution in [0.25, 0.3) is 109 Å². The summed E-state index contributed by atoms with van der Waals surface area (Å²) in [5.74, 6) is 0. The van der Waals surface area contributed by atoms with Gasteiger partial charge < -0.3 is 0 Å².